The van der Waals surface area contributed by atoms with Crippen LogP contribution in [-0.4, -0.2) is 15.7 Å². The molecule has 0 aliphatic heterocycles. The maximum atomic E-state index is 6.89. The van der Waals surface area contributed by atoms with E-state index in [1.807, 2.05) is 71.0 Å². The van der Waals surface area contributed by atoms with Gasteiger partial charge in [-0.25, -0.2) is 9.97 Å². The number of hydrogen-bond acceptors (Lipinski definition) is 4. The normalized spacial score (nSPS) is 13.5. The summed E-state index contributed by atoms with van der Waals surface area (Å²) in [6.45, 7) is 14.7. The van der Waals surface area contributed by atoms with Gasteiger partial charge in [-0.2, -0.15) is 0 Å². The number of fused-ring (bicyclic) bond motifs is 3. The third-order valence-electron chi connectivity index (χ3n) is 10.4. The summed E-state index contributed by atoms with van der Waals surface area (Å²) in [4.78, 5) is 15.7. The van der Waals surface area contributed by atoms with Crippen LogP contribution < -0.4 is 5.73 Å². The SMILES string of the molecule is C#C.C=Cc1c(/C=C\C)ccc2c(-c3cccc(C(/C=C(\N)c4ccc(C5=CC=CC=CC5)cc4)=NCc4ccc(C5=CC=CCC5)cc4)n3)nc3ccccc3c12.CC.CC. The fourth-order valence-corrected chi connectivity index (χ4v) is 7.48. The molecular weight excluding hydrogens is 753 g/mol. The van der Waals surface area contributed by atoms with Crippen molar-refractivity contribution >= 4 is 56.4 Å². The Hall–Kier alpha value is -7.35. The minimum Gasteiger partial charge on any atom is -0.398 e. The number of aliphatic imine (C=N–C) groups is 1. The second-order valence-electron chi connectivity index (χ2n) is 14.0. The van der Waals surface area contributed by atoms with Gasteiger partial charge in [-0.15, -0.1) is 12.8 Å². The molecule has 0 saturated carbocycles. The van der Waals surface area contributed by atoms with Crippen LogP contribution in [0.4, 0.5) is 0 Å². The van der Waals surface area contributed by atoms with E-state index < -0.39 is 0 Å². The van der Waals surface area contributed by atoms with Crippen molar-refractivity contribution in [2.24, 2.45) is 10.7 Å². The third-order valence-corrected chi connectivity index (χ3v) is 10.4. The zero-order chi connectivity index (χ0) is 44.3. The Morgan fingerprint density at radius 2 is 1.47 bits per heavy atom. The number of aromatic nitrogens is 2. The summed E-state index contributed by atoms with van der Waals surface area (Å²) in [6.07, 6.45) is 36.2. The molecule has 8 rings (SSSR count). The van der Waals surface area contributed by atoms with E-state index in [2.05, 4.69) is 159 Å². The molecule has 0 bridgehead atoms. The van der Waals surface area contributed by atoms with E-state index in [4.69, 9.17) is 20.7 Å². The molecule has 2 aliphatic rings. The average molecular weight is 811 g/mol. The zero-order valence-corrected chi connectivity index (χ0v) is 36.9. The van der Waals surface area contributed by atoms with Crippen LogP contribution in [0.5, 0.6) is 0 Å². The predicted molar refractivity (Wildman–Crippen MR) is 272 cm³/mol. The quantitative estimate of drug-likeness (QED) is 0.0851. The molecule has 2 aromatic heterocycles. The molecule has 62 heavy (non-hydrogen) atoms. The number of rotatable bonds is 10. The summed E-state index contributed by atoms with van der Waals surface area (Å²) in [5.41, 5.74) is 20.7. The molecule has 0 fully saturated rings. The number of allylic oxidation sites excluding steroid dienone is 12. The van der Waals surface area contributed by atoms with Crippen molar-refractivity contribution in [1.29, 1.82) is 0 Å². The summed E-state index contributed by atoms with van der Waals surface area (Å²) in [5.74, 6) is 0. The van der Waals surface area contributed by atoms with E-state index in [0.29, 0.717) is 18.0 Å². The molecule has 0 unspecified atom stereocenters. The number of para-hydroxylation sites is 1. The van der Waals surface area contributed by atoms with Crippen LogP contribution in [0.2, 0.25) is 0 Å². The largest absolute Gasteiger partial charge is 0.398 e. The Morgan fingerprint density at radius 3 is 2.19 bits per heavy atom. The van der Waals surface area contributed by atoms with Crippen LogP contribution in [0, 0.1) is 12.8 Å². The standard InChI is InChI=1S/C52H44N4.2C2H6.C2H2/c1-3-15-41-32-33-45-51(43(41)4-2)44-20-12-13-21-47(44)56-52(45)49-23-14-22-48(55-49)50(54-35-36-24-26-39(27-25-36)37-18-10-7-11-19-37)34-46(53)42-30-28-40(29-31-42)38-16-8-5-6-9-17-38;3*1-2/h3-10,12-16,18,20-34H,2,11,17,19,35,53H2,1H3;2*1-2H3;1-2H/b15-3-,46-34-,54-50?;;;. The minimum atomic E-state index is 0.478. The van der Waals surface area contributed by atoms with Gasteiger partial charge in [0.1, 0.15) is 0 Å². The number of nitrogens with two attached hydrogens (primary N) is 1. The number of hydrogen-bond donors (Lipinski definition) is 1. The van der Waals surface area contributed by atoms with E-state index in [-0.39, 0.29) is 0 Å². The summed E-state index contributed by atoms with van der Waals surface area (Å²) in [7, 11) is 0. The highest BCUT2D eigenvalue weighted by atomic mass is 14.8. The first-order valence-corrected chi connectivity index (χ1v) is 21.6. The van der Waals surface area contributed by atoms with Gasteiger partial charge in [0.05, 0.1) is 34.9 Å². The van der Waals surface area contributed by atoms with E-state index in [9.17, 15) is 0 Å². The van der Waals surface area contributed by atoms with Gasteiger partial charge in [-0.3, -0.25) is 4.99 Å². The number of terminal acetylenes is 1. The first kappa shape index (κ1) is 45.7. The van der Waals surface area contributed by atoms with Crippen LogP contribution in [0.15, 0.2) is 175 Å². The molecule has 0 saturated heterocycles. The Bertz CT molecular complexity index is 2750. The lowest BCUT2D eigenvalue weighted by Gasteiger charge is -2.14. The fourth-order valence-electron chi connectivity index (χ4n) is 7.48. The topological polar surface area (TPSA) is 64.2 Å². The van der Waals surface area contributed by atoms with E-state index in [0.717, 1.165) is 80.3 Å². The maximum Gasteiger partial charge on any atom is 0.0972 e. The van der Waals surface area contributed by atoms with Gasteiger partial charge in [0.15, 0.2) is 0 Å². The summed E-state index contributed by atoms with van der Waals surface area (Å²) >= 11 is 0. The van der Waals surface area contributed by atoms with E-state index >= 15 is 0 Å². The lowest BCUT2D eigenvalue weighted by molar-refractivity contribution is 1.05. The van der Waals surface area contributed by atoms with Crippen LogP contribution in [0.25, 0.3) is 62.1 Å². The predicted octanol–water partition coefficient (Wildman–Crippen LogP) is 15.0. The van der Waals surface area contributed by atoms with Crippen molar-refractivity contribution in [2.75, 3.05) is 0 Å². The van der Waals surface area contributed by atoms with E-state index in [1.165, 1.54) is 22.3 Å². The molecule has 2 N–H and O–H groups in total. The number of pyridine rings is 2. The second kappa shape index (κ2) is 23.4. The van der Waals surface area contributed by atoms with Crippen LogP contribution in [-0.2, 0) is 6.54 Å². The highest BCUT2D eigenvalue weighted by Crippen LogP contribution is 2.36. The molecule has 4 aromatic carbocycles. The van der Waals surface area contributed by atoms with Crippen LogP contribution >= 0.6 is 0 Å². The maximum absolute atomic E-state index is 6.89. The van der Waals surface area contributed by atoms with Gasteiger partial charge >= 0.3 is 0 Å². The van der Waals surface area contributed by atoms with Gasteiger partial charge in [-0.1, -0.05) is 186 Å². The Kier molecular flexibility index (Phi) is 17.3. The molecule has 2 aliphatic carbocycles. The monoisotopic (exact) mass is 810 g/mol. The molecule has 0 spiro atoms. The molecule has 4 heteroatoms. The Balaban J connectivity index is 0.00000116. The highest BCUT2D eigenvalue weighted by molar-refractivity contribution is 6.15. The van der Waals surface area contributed by atoms with E-state index in [1.54, 1.807) is 0 Å². The molecule has 0 radical (unpaired) electrons. The van der Waals surface area contributed by atoms with Gasteiger partial charge in [-0.05, 0) is 95.0 Å². The molecule has 310 valence electrons. The Labute approximate surface area is 369 Å². The lowest BCUT2D eigenvalue weighted by Crippen LogP contribution is -2.07. The summed E-state index contributed by atoms with van der Waals surface area (Å²) < 4.78 is 0. The molecular formula is C58H58N4. The molecule has 0 atom stereocenters. The first-order chi connectivity index (χ1) is 30.6. The molecule has 2 heterocycles. The Morgan fingerprint density at radius 1 is 0.742 bits per heavy atom. The molecule has 4 nitrogen and oxygen atoms in total. The average Bonchev–Trinajstić information content (AvgIpc) is 3.65. The fraction of sp³-hybridized carbons (Fsp3) is 0.155. The smallest absolute Gasteiger partial charge is 0.0972 e. The van der Waals surface area contributed by atoms with Crippen molar-refractivity contribution in [3.8, 4) is 24.2 Å². The van der Waals surface area contributed by atoms with Crippen LogP contribution in [0.3, 0.4) is 0 Å². The minimum absolute atomic E-state index is 0.478. The van der Waals surface area contributed by atoms with Crippen molar-refractivity contribution in [2.45, 2.75) is 60.4 Å². The van der Waals surface area contributed by atoms with Crippen molar-refractivity contribution in [3.05, 3.63) is 210 Å². The first-order valence-electron chi connectivity index (χ1n) is 21.6. The number of nitrogens with zero attached hydrogens (tertiary/aromatic N) is 3. The molecule has 6 aromatic rings. The summed E-state index contributed by atoms with van der Waals surface area (Å²) in [5, 5.41) is 3.21. The zero-order valence-electron chi connectivity index (χ0n) is 36.9. The van der Waals surface area contributed by atoms with Crippen LogP contribution in [0.1, 0.15) is 93.0 Å². The van der Waals surface area contributed by atoms with Gasteiger partial charge in [0.25, 0.3) is 0 Å². The third kappa shape index (κ3) is 10.9. The number of benzene rings is 4. The van der Waals surface area contributed by atoms with Crippen molar-refractivity contribution < 1.29 is 0 Å². The highest BCUT2D eigenvalue weighted by Gasteiger charge is 2.17. The van der Waals surface area contributed by atoms with Gasteiger partial charge < -0.3 is 5.73 Å². The van der Waals surface area contributed by atoms with Crippen molar-refractivity contribution in [3.63, 3.8) is 0 Å². The lowest BCUT2D eigenvalue weighted by atomic mass is 9.93. The van der Waals surface area contributed by atoms with Gasteiger partial charge in [0.2, 0.25) is 0 Å². The van der Waals surface area contributed by atoms with Gasteiger partial charge in [0, 0.05) is 21.9 Å². The summed E-state index contributed by atoms with van der Waals surface area (Å²) in [6, 6.07) is 35.8. The second-order valence-corrected chi connectivity index (χ2v) is 14.0. The molecule has 0 amide bonds. The van der Waals surface area contributed by atoms with Crippen molar-refractivity contribution in [1.82, 2.24) is 9.97 Å².